The van der Waals surface area contributed by atoms with E-state index in [1.807, 2.05) is 61.5 Å². The Morgan fingerprint density at radius 3 is 2.12 bits per heavy atom. The maximum Gasteiger partial charge on any atom is 0.264 e. The molecule has 0 aliphatic rings. The lowest BCUT2D eigenvalue weighted by Gasteiger charge is -2.33. The van der Waals surface area contributed by atoms with Crippen LogP contribution in [0.5, 0.6) is 5.75 Å². The molecule has 0 aliphatic carbocycles. The Hall–Kier alpha value is -4.63. The summed E-state index contributed by atoms with van der Waals surface area (Å²) in [5, 5.41) is 2.69. The van der Waals surface area contributed by atoms with Crippen molar-refractivity contribution >= 4 is 27.5 Å². The van der Waals surface area contributed by atoms with Gasteiger partial charge in [-0.2, -0.15) is 0 Å². The second kappa shape index (κ2) is 13.8. The Labute approximate surface area is 247 Å². The summed E-state index contributed by atoms with van der Waals surface area (Å²) >= 11 is 0. The maximum absolute atomic E-state index is 14.3. The molecule has 0 spiro atoms. The van der Waals surface area contributed by atoms with E-state index in [1.54, 1.807) is 42.5 Å². The van der Waals surface area contributed by atoms with Crippen molar-refractivity contribution in [1.82, 2.24) is 10.2 Å². The third kappa shape index (κ3) is 7.36. The number of likely N-dealkylation sites (N-methyl/N-ethyl adjacent to an activating group) is 1. The van der Waals surface area contributed by atoms with Crippen LogP contribution in [0, 0.1) is 6.92 Å². The monoisotopic (exact) mass is 585 g/mol. The molecular formula is C33H35N3O5S. The Morgan fingerprint density at radius 1 is 0.833 bits per heavy atom. The Bertz CT molecular complexity index is 1610. The lowest BCUT2D eigenvalue weighted by molar-refractivity contribution is -0.139. The molecule has 0 fully saturated rings. The van der Waals surface area contributed by atoms with Gasteiger partial charge in [0.2, 0.25) is 11.8 Å². The number of anilines is 1. The van der Waals surface area contributed by atoms with Crippen LogP contribution in [0.4, 0.5) is 5.69 Å². The van der Waals surface area contributed by atoms with E-state index in [0.717, 1.165) is 21.0 Å². The molecule has 1 N–H and O–H groups in total. The number of rotatable bonds is 12. The zero-order chi connectivity index (χ0) is 30.1. The number of hydrogen-bond acceptors (Lipinski definition) is 5. The molecule has 2 amide bonds. The predicted octanol–water partition coefficient (Wildman–Crippen LogP) is 4.59. The minimum Gasteiger partial charge on any atom is -0.497 e. The quantitative estimate of drug-likeness (QED) is 0.263. The summed E-state index contributed by atoms with van der Waals surface area (Å²) in [5.41, 5.74) is 2.96. The summed E-state index contributed by atoms with van der Waals surface area (Å²) in [7, 11) is -1.15. The molecule has 0 saturated carbocycles. The van der Waals surface area contributed by atoms with Gasteiger partial charge in [-0.25, -0.2) is 8.42 Å². The highest BCUT2D eigenvalue weighted by Gasteiger charge is 2.34. The summed E-state index contributed by atoms with van der Waals surface area (Å²) in [6.07, 6.45) is 0.253. The smallest absolute Gasteiger partial charge is 0.264 e. The van der Waals surface area contributed by atoms with Crippen molar-refractivity contribution in [3.8, 4) is 5.75 Å². The highest BCUT2D eigenvalue weighted by Crippen LogP contribution is 2.28. The summed E-state index contributed by atoms with van der Waals surface area (Å²) in [6, 6.07) is 30.7. The standard InChI is InChI=1S/C33H35N3O5S/c1-25-12-10-15-27(20-25)23-35(31(33(38)34-2)21-26-13-6-4-7-14-26)32(37)24-36(28-16-11-17-29(22-28)41-3)42(39,40)30-18-8-5-9-19-30/h4-20,22,31H,21,23-24H2,1-3H3,(H,34,38)/t31-/m0/s1. The number of hydrogen-bond donors (Lipinski definition) is 1. The van der Waals surface area contributed by atoms with Crippen molar-refractivity contribution in [2.45, 2.75) is 30.8 Å². The molecule has 4 rings (SSSR count). The molecular weight excluding hydrogens is 550 g/mol. The van der Waals surface area contributed by atoms with Gasteiger partial charge in [-0.1, -0.05) is 84.4 Å². The van der Waals surface area contributed by atoms with Gasteiger partial charge in [-0.05, 0) is 42.3 Å². The third-order valence-electron chi connectivity index (χ3n) is 6.90. The number of methoxy groups -OCH3 is 1. The van der Waals surface area contributed by atoms with Crippen LogP contribution in [0.15, 0.2) is 114 Å². The molecule has 4 aromatic rings. The normalized spacial score (nSPS) is 11.8. The molecule has 0 radical (unpaired) electrons. The van der Waals surface area contributed by atoms with Gasteiger partial charge >= 0.3 is 0 Å². The van der Waals surface area contributed by atoms with Crippen molar-refractivity contribution < 1.29 is 22.7 Å². The summed E-state index contributed by atoms with van der Waals surface area (Å²) in [5.74, 6) is -0.431. The fraction of sp³-hybridized carbons (Fsp3) is 0.212. The van der Waals surface area contributed by atoms with Gasteiger partial charge in [0.1, 0.15) is 18.3 Å². The maximum atomic E-state index is 14.3. The Kier molecular flexibility index (Phi) is 9.98. The largest absolute Gasteiger partial charge is 0.497 e. The van der Waals surface area contributed by atoms with Gasteiger partial charge in [0, 0.05) is 26.1 Å². The molecule has 4 aromatic carbocycles. The van der Waals surface area contributed by atoms with Crippen molar-refractivity contribution in [3.05, 3.63) is 126 Å². The molecule has 0 aromatic heterocycles. The van der Waals surface area contributed by atoms with Crippen molar-refractivity contribution in [2.24, 2.45) is 0 Å². The SMILES string of the molecule is CNC(=O)[C@H](Cc1ccccc1)N(Cc1cccc(C)c1)C(=O)CN(c1cccc(OC)c1)S(=O)(=O)c1ccccc1. The topological polar surface area (TPSA) is 96.0 Å². The van der Waals surface area contributed by atoms with E-state index < -0.39 is 28.5 Å². The summed E-state index contributed by atoms with van der Waals surface area (Å²) in [6.45, 7) is 1.54. The van der Waals surface area contributed by atoms with Crippen molar-refractivity contribution in [2.75, 3.05) is 25.0 Å². The molecule has 42 heavy (non-hydrogen) atoms. The number of carbonyl (C=O) groups is 2. The van der Waals surface area contributed by atoms with E-state index in [0.29, 0.717) is 5.75 Å². The number of nitrogens with zero attached hydrogens (tertiary/aromatic N) is 2. The van der Waals surface area contributed by atoms with E-state index in [2.05, 4.69) is 5.32 Å². The van der Waals surface area contributed by atoms with Gasteiger partial charge in [0.15, 0.2) is 0 Å². The van der Waals surface area contributed by atoms with Crippen LogP contribution >= 0.6 is 0 Å². The fourth-order valence-electron chi connectivity index (χ4n) is 4.74. The molecule has 0 heterocycles. The molecule has 0 aliphatic heterocycles. The van der Waals surface area contributed by atoms with Gasteiger partial charge in [-0.3, -0.25) is 13.9 Å². The van der Waals surface area contributed by atoms with Gasteiger partial charge in [0.25, 0.3) is 10.0 Å². The Balaban J connectivity index is 1.79. The molecule has 0 unspecified atom stereocenters. The predicted molar refractivity (Wildman–Crippen MR) is 164 cm³/mol. The van der Waals surface area contributed by atoms with E-state index in [1.165, 1.54) is 31.2 Å². The molecule has 9 heteroatoms. The van der Waals surface area contributed by atoms with Crippen LogP contribution in [0.25, 0.3) is 0 Å². The highest BCUT2D eigenvalue weighted by atomic mass is 32.2. The van der Waals surface area contributed by atoms with Crippen LogP contribution in [0.2, 0.25) is 0 Å². The average Bonchev–Trinajstić information content (AvgIpc) is 3.02. The summed E-state index contributed by atoms with van der Waals surface area (Å²) in [4.78, 5) is 29.1. The molecule has 1 atom stereocenters. The Morgan fingerprint density at radius 2 is 1.48 bits per heavy atom. The second-order valence-corrected chi connectivity index (χ2v) is 11.7. The second-order valence-electron chi connectivity index (χ2n) is 9.86. The van der Waals surface area contributed by atoms with Crippen LogP contribution in [-0.2, 0) is 32.6 Å². The lowest BCUT2D eigenvalue weighted by Crippen LogP contribution is -2.53. The zero-order valence-electron chi connectivity index (χ0n) is 23.9. The minimum atomic E-state index is -4.17. The van der Waals surface area contributed by atoms with E-state index in [9.17, 15) is 18.0 Å². The van der Waals surface area contributed by atoms with Gasteiger partial charge < -0.3 is 15.0 Å². The number of ether oxygens (including phenoxy) is 1. The van der Waals surface area contributed by atoms with Crippen molar-refractivity contribution in [3.63, 3.8) is 0 Å². The summed E-state index contributed by atoms with van der Waals surface area (Å²) < 4.78 is 34.4. The first-order chi connectivity index (χ1) is 20.2. The van der Waals surface area contributed by atoms with Gasteiger partial charge in [0.05, 0.1) is 17.7 Å². The third-order valence-corrected chi connectivity index (χ3v) is 8.69. The lowest BCUT2D eigenvalue weighted by atomic mass is 10.0. The first kappa shape index (κ1) is 30.3. The van der Waals surface area contributed by atoms with Gasteiger partial charge in [-0.15, -0.1) is 0 Å². The van der Waals surface area contributed by atoms with Crippen molar-refractivity contribution in [1.29, 1.82) is 0 Å². The minimum absolute atomic E-state index is 0.0398. The molecule has 218 valence electrons. The molecule has 0 saturated heterocycles. The first-order valence-electron chi connectivity index (χ1n) is 13.6. The molecule has 0 bridgehead atoms. The highest BCUT2D eigenvalue weighted by molar-refractivity contribution is 7.92. The van der Waals surface area contributed by atoms with E-state index in [4.69, 9.17) is 4.74 Å². The van der Waals surface area contributed by atoms with E-state index in [-0.39, 0.29) is 29.5 Å². The number of sulfonamides is 1. The number of aryl methyl sites for hydroxylation is 1. The zero-order valence-corrected chi connectivity index (χ0v) is 24.8. The first-order valence-corrected chi connectivity index (χ1v) is 15.0. The number of amides is 2. The average molecular weight is 586 g/mol. The van der Waals surface area contributed by atoms with Crippen LogP contribution in [0.3, 0.4) is 0 Å². The fourth-order valence-corrected chi connectivity index (χ4v) is 6.17. The van der Waals surface area contributed by atoms with Crippen LogP contribution in [0.1, 0.15) is 16.7 Å². The van der Waals surface area contributed by atoms with Crippen LogP contribution in [-0.4, -0.2) is 51.9 Å². The number of nitrogens with one attached hydrogen (secondary N) is 1. The number of carbonyl (C=O) groups excluding carboxylic acids is 2. The van der Waals surface area contributed by atoms with E-state index >= 15 is 0 Å². The van der Waals surface area contributed by atoms with Crippen LogP contribution < -0.4 is 14.4 Å². The molecule has 8 nitrogen and oxygen atoms in total. The number of benzene rings is 4.